The molecule has 1 aromatic rings. The van der Waals surface area contributed by atoms with Crippen molar-refractivity contribution in [1.82, 2.24) is 9.97 Å². The summed E-state index contributed by atoms with van der Waals surface area (Å²) in [7, 11) is 0. The van der Waals surface area contributed by atoms with Crippen LogP contribution in [0.4, 0.5) is 5.95 Å². The molecule has 1 aliphatic rings. The van der Waals surface area contributed by atoms with Crippen molar-refractivity contribution in [2.45, 2.75) is 39.7 Å². The lowest BCUT2D eigenvalue weighted by Gasteiger charge is -2.30. The lowest BCUT2D eigenvalue weighted by molar-refractivity contribution is 0.196. The molecule has 2 heterocycles. The van der Waals surface area contributed by atoms with E-state index >= 15 is 0 Å². The van der Waals surface area contributed by atoms with E-state index in [1.54, 1.807) is 12.4 Å². The largest absolute Gasteiger partial charge is 0.490 e. The van der Waals surface area contributed by atoms with Gasteiger partial charge in [0.25, 0.3) is 0 Å². The summed E-state index contributed by atoms with van der Waals surface area (Å²) >= 11 is 0. The van der Waals surface area contributed by atoms with Crippen LogP contribution in [0, 0.1) is 5.41 Å². The maximum absolute atomic E-state index is 5.89. The lowest BCUT2D eigenvalue weighted by Crippen LogP contribution is -2.40. The van der Waals surface area contributed by atoms with Gasteiger partial charge in [0.1, 0.15) is 0 Å². The summed E-state index contributed by atoms with van der Waals surface area (Å²) in [6, 6.07) is 0.325. The Hall–Kier alpha value is -1.36. The van der Waals surface area contributed by atoms with Crippen molar-refractivity contribution in [2.24, 2.45) is 11.1 Å². The van der Waals surface area contributed by atoms with Gasteiger partial charge in [-0.3, -0.25) is 0 Å². The van der Waals surface area contributed by atoms with Crippen molar-refractivity contribution in [3.05, 3.63) is 12.4 Å². The van der Waals surface area contributed by atoms with Crippen LogP contribution in [0.3, 0.4) is 0 Å². The zero-order valence-corrected chi connectivity index (χ0v) is 12.1. The van der Waals surface area contributed by atoms with E-state index in [4.69, 9.17) is 10.5 Å². The summed E-state index contributed by atoms with van der Waals surface area (Å²) < 4.78 is 5.67. The first-order valence-electron chi connectivity index (χ1n) is 6.89. The fourth-order valence-electron chi connectivity index (χ4n) is 1.95. The third kappa shape index (κ3) is 4.35. The van der Waals surface area contributed by atoms with Crippen molar-refractivity contribution < 1.29 is 4.74 Å². The highest BCUT2D eigenvalue weighted by Gasteiger charge is 2.18. The fraction of sp³-hybridized carbons (Fsp3) is 0.714. The van der Waals surface area contributed by atoms with Gasteiger partial charge in [0.2, 0.25) is 5.95 Å². The molecule has 0 aliphatic carbocycles. The molecule has 1 saturated heterocycles. The van der Waals surface area contributed by atoms with Crippen LogP contribution in [0.15, 0.2) is 12.4 Å². The molecular weight excluding hydrogens is 240 g/mol. The molecule has 5 nitrogen and oxygen atoms in total. The molecule has 1 aromatic heterocycles. The van der Waals surface area contributed by atoms with E-state index in [9.17, 15) is 0 Å². The van der Waals surface area contributed by atoms with Gasteiger partial charge in [0, 0.05) is 19.1 Å². The molecule has 0 bridgehead atoms. The standard InChI is InChI=1S/C14H24N4O/c1-14(2,3)10-19-12-8-16-13(17-9-12)18-6-4-11(15)5-7-18/h8-9,11H,4-7,10,15H2,1-3H3. The molecule has 19 heavy (non-hydrogen) atoms. The van der Waals surface area contributed by atoms with E-state index in [1.165, 1.54) is 0 Å². The zero-order valence-electron chi connectivity index (χ0n) is 12.1. The molecule has 2 N–H and O–H groups in total. The molecule has 0 amide bonds. The average molecular weight is 264 g/mol. The van der Waals surface area contributed by atoms with E-state index in [0.717, 1.165) is 37.6 Å². The summed E-state index contributed by atoms with van der Waals surface area (Å²) in [6.45, 7) is 8.94. The third-order valence-corrected chi connectivity index (χ3v) is 3.11. The molecule has 2 rings (SSSR count). The van der Waals surface area contributed by atoms with Gasteiger partial charge in [-0.05, 0) is 18.3 Å². The maximum atomic E-state index is 5.89. The summed E-state index contributed by atoms with van der Waals surface area (Å²) in [5, 5.41) is 0. The molecule has 106 valence electrons. The van der Waals surface area contributed by atoms with Gasteiger partial charge >= 0.3 is 0 Å². The van der Waals surface area contributed by atoms with Crippen LogP contribution >= 0.6 is 0 Å². The Kier molecular flexibility index (Phi) is 4.24. The van der Waals surface area contributed by atoms with Gasteiger partial charge in [-0.25, -0.2) is 9.97 Å². The lowest BCUT2D eigenvalue weighted by atomic mass is 9.99. The van der Waals surface area contributed by atoms with Crippen LogP contribution < -0.4 is 15.4 Å². The maximum Gasteiger partial charge on any atom is 0.225 e. The van der Waals surface area contributed by atoms with E-state index in [1.807, 2.05) is 0 Å². The minimum absolute atomic E-state index is 0.141. The van der Waals surface area contributed by atoms with Crippen LogP contribution in [-0.4, -0.2) is 35.7 Å². The third-order valence-electron chi connectivity index (χ3n) is 3.11. The molecule has 0 atom stereocenters. The second kappa shape index (κ2) is 5.74. The van der Waals surface area contributed by atoms with Crippen molar-refractivity contribution in [3.8, 4) is 5.75 Å². The molecule has 1 fully saturated rings. The zero-order chi connectivity index (χ0) is 13.9. The number of rotatable bonds is 3. The Morgan fingerprint density at radius 2 is 1.84 bits per heavy atom. The smallest absolute Gasteiger partial charge is 0.225 e. The number of anilines is 1. The van der Waals surface area contributed by atoms with Crippen molar-refractivity contribution >= 4 is 5.95 Å². The molecule has 0 spiro atoms. The van der Waals surface area contributed by atoms with Gasteiger partial charge in [0.15, 0.2) is 5.75 Å². The van der Waals surface area contributed by atoms with Crippen LogP contribution in [-0.2, 0) is 0 Å². The highest BCUT2D eigenvalue weighted by Crippen LogP contribution is 2.19. The van der Waals surface area contributed by atoms with Gasteiger partial charge in [-0.1, -0.05) is 20.8 Å². The molecule has 5 heteroatoms. The molecular formula is C14H24N4O. The number of aromatic nitrogens is 2. The Labute approximate surface area is 115 Å². The van der Waals surface area contributed by atoms with Gasteiger partial charge in [0.05, 0.1) is 19.0 Å². The van der Waals surface area contributed by atoms with Gasteiger partial charge < -0.3 is 15.4 Å². The predicted molar refractivity (Wildman–Crippen MR) is 76.4 cm³/mol. The Morgan fingerprint density at radius 1 is 1.26 bits per heavy atom. The van der Waals surface area contributed by atoms with Crippen molar-refractivity contribution in [2.75, 3.05) is 24.6 Å². The van der Waals surface area contributed by atoms with Crippen molar-refractivity contribution in [1.29, 1.82) is 0 Å². The molecule has 0 saturated carbocycles. The number of piperidine rings is 1. The first kappa shape index (κ1) is 14.1. The highest BCUT2D eigenvalue weighted by molar-refractivity contribution is 5.32. The van der Waals surface area contributed by atoms with Crippen molar-refractivity contribution in [3.63, 3.8) is 0 Å². The van der Waals surface area contributed by atoms with Crippen LogP contribution in [0.1, 0.15) is 33.6 Å². The summed E-state index contributed by atoms with van der Waals surface area (Å²) in [6.07, 6.45) is 5.52. The van der Waals surface area contributed by atoms with Crippen LogP contribution in [0.5, 0.6) is 5.75 Å². The topological polar surface area (TPSA) is 64.3 Å². The average Bonchev–Trinajstić information content (AvgIpc) is 2.37. The Morgan fingerprint density at radius 3 is 2.37 bits per heavy atom. The first-order valence-corrected chi connectivity index (χ1v) is 6.89. The van der Waals surface area contributed by atoms with Gasteiger partial charge in [-0.2, -0.15) is 0 Å². The van der Waals surface area contributed by atoms with E-state index < -0.39 is 0 Å². The number of nitrogens with two attached hydrogens (primary N) is 1. The SMILES string of the molecule is CC(C)(C)COc1cnc(N2CCC(N)CC2)nc1. The predicted octanol–water partition coefficient (Wildman–Crippen LogP) is 1.83. The van der Waals surface area contributed by atoms with Crippen LogP contribution in [0.2, 0.25) is 0 Å². The summed E-state index contributed by atoms with van der Waals surface area (Å²) in [5.41, 5.74) is 6.03. The first-order chi connectivity index (χ1) is 8.94. The number of nitrogens with zero attached hydrogens (tertiary/aromatic N) is 3. The molecule has 0 unspecified atom stereocenters. The second-order valence-corrected chi connectivity index (χ2v) is 6.39. The van der Waals surface area contributed by atoms with E-state index in [0.29, 0.717) is 12.6 Å². The molecule has 0 aromatic carbocycles. The second-order valence-electron chi connectivity index (χ2n) is 6.39. The number of hydrogen-bond donors (Lipinski definition) is 1. The highest BCUT2D eigenvalue weighted by atomic mass is 16.5. The number of ether oxygens (including phenoxy) is 1. The quantitative estimate of drug-likeness (QED) is 0.902. The monoisotopic (exact) mass is 264 g/mol. The fourth-order valence-corrected chi connectivity index (χ4v) is 1.95. The molecule has 1 aliphatic heterocycles. The minimum atomic E-state index is 0.141. The van der Waals surface area contributed by atoms with E-state index in [-0.39, 0.29) is 5.41 Å². The van der Waals surface area contributed by atoms with Crippen LogP contribution in [0.25, 0.3) is 0 Å². The normalized spacial score (nSPS) is 17.6. The summed E-state index contributed by atoms with van der Waals surface area (Å²) in [4.78, 5) is 10.9. The minimum Gasteiger partial charge on any atom is -0.490 e. The van der Waals surface area contributed by atoms with E-state index in [2.05, 4.69) is 35.6 Å². The number of hydrogen-bond acceptors (Lipinski definition) is 5. The Bertz CT molecular complexity index is 391. The van der Waals surface area contributed by atoms with Gasteiger partial charge in [-0.15, -0.1) is 0 Å². The molecule has 0 radical (unpaired) electrons. The summed E-state index contributed by atoms with van der Waals surface area (Å²) in [5.74, 6) is 1.50. The Balaban J connectivity index is 1.91.